The summed E-state index contributed by atoms with van der Waals surface area (Å²) in [5.41, 5.74) is 4.73. The first-order chi connectivity index (χ1) is 14.7. The Bertz CT molecular complexity index is 990. The first-order valence-corrected chi connectivity index (χ1v) is 10.5. The third-order valence-corrected chi connectivity index (χ3v) is 5.89. The van der Waals surface area contributed by atoms with Crippen LogP contribution in [0.15, 0.2) is 66.7 Å². The summed E-state index contributed by atoms with van der Waals surface area (Å²) in [6, 6.07) is 21.7. The molecule has 0 saturated carbocycles. The second-order valence-electron chi connectivity index (χ2n) is 7.74. The number of hydrogen-bond donors (Lipinski definition) is 0. The van der Waals surface area contributed by atoms with E-state index in [2.05, 4.69) is 41.3 Å². The molecule has 0 fully saturated rings. The second kappa shape index (κ2) is 9.31. The lowest BCUT2D eigenvalue weighted by atomic mass is 9.87. The fourth-order valence-electron chi connectivity index (χ4n) is 4.44. The summed E-state index contributed by atoms with van der Waals surface area (Å²) in [6.45, 7) is 1.88. The van der Waals surface area contributed by atoms with Crippen molar-refractivity contribution in [1.82, 2.24) is 4.90 Å². The van der Waals surface area contributed by atoms with Gasteiger partial charge in [0.15, 0.2) is 11.5 Å². The molecule has 3 aromatic rings. The Kier molecular flexibility index (Phi) is 6.34. The minimum Gasteiger partial charge on any atom is -0.493 e. The van der Waals surface area contributed by atoms with E-state index in [9.17, 15) is 4.39 Å². The molecule has 4 heteroatoms. The number of hydrogen-bond acceptors (Lipinski definition) is 3. The van der Waals surface area contributed by atoms with Crippen molar-refractivity contribution in [2.75, 3.05) is 27.3 Å². The van der Waals surface area contributed by atoms with Gasteiger partial charge in [0.25, 0.3) is 0 Å². The first kappa shape index (κ1) is 20.4. The van der Waals surface area contributed by atoms with Gasteiger partial charge in [0.05, 0.1) is 20.3 Å². The summed E-state index contributed by atoms with van der Waals surface area (Å²) in [5.74, 6) is 1.25. The van der Waals surface area contributed by atoms with Crippen molar-refractivity contribution in [3.05, 3.63) is 94.8 Å². The highest BCUT2D eigenvalue weighted by Gasteiger charge is 2.30. The fraction of sp³-hybridized carbons (Fsp3) is 0.308. The number of fused-ring (bicyclic) bond motifs is 1. The van der Waals surface area contributed by atoms with Crippen molar-refractivity contribution >= 4 is 0 Å². The number of nitrogens with zero attached hydrogens (tertiary/aromatic N) is 1. The summed E-state index contributed by atoms with van der Waals surface area (Å²) < 4.78 is 25.2. The van der Waals surface area contributed by atoms with Gasteiger partial charge >= 0.3 is 0 Å². The second-order valence-corrected chi connectivity index (χ2v) is 7.74. The Hall–Kier alpha value is -2.85. The molecule has 1 heterocycles. The van der Waals surface area contributed by atoms with Gasteiger partial charge in [0.1, 0.15) is 5.82 Å². The quantitative estimate of drug-likeness (QED) is 0.524. The summed E-state index contributed by atoms with van der Waals surface area (Å²) in [5, 5.41) is 0. The molecule has 3 aromatic carbocycles. The van der Waals surface area contributed by atoms with Crippen LogP contribution in [0.4, 0.5) is 4.39 Å². The number of aryl methyl sites for hydroxylation is 1. The maximum Gasteiger partial charge on any atom is 0.161 e. The monoisotopic (exact) mass is 405 g/mol. The number of methoxy groups -OCH3 is 2. The predicted octanol–water partition coefficient (Wildman–Crippen LogP) is 5.42. The van der Waals surface area contributed by atoms with Crippen molar-refractivity contribution in [3.8, 4) is 11.5 Å². The predicted molar refractivity (Wildman–Crippen MR) is 118 cm³/mol. The topological polar surface area (TPSA) is 21.7 Å². The molecule has 30 heavy (non-hydrogen) atoms. The molecule has 3 nitrogen and oxygen atoms in total. The van der Waals surface area contributed by atoms with E-state index in [1.807, 2.05) is 12.1 Å². The molecule has 0 aliphatic carbocycles. The smallest absolute Gasteiger partial charge is 0.161 e. The Morgan fingerprint density at radius 2 is 1.70 bits per heavy atom. The molecule has 1 atom stereocenters. The van der Waals surface area contributed by atoms with E-state index in [1.165, 1.54) is 22.8 Å². The molecule has 0 saturated heterocycles. The third kappa shape index (κ3) is 4.34. The highest BCUT2D eigenvalue weighted by Crippen LogP contribution is 2.41. The Balaban J connectivity index is 1.65. The van der Waals surface area contributed by atoms with E-state index in [4.69, 9.17) is 9.47 Å². The molecule has 0 N–H and O–H groups in total. The van der Waals surface area contributed by atoms with Crippen LogP contribution in [0.25, 0.3) is 0 Å². The van der Waals surface area contributed by atoms with Crippen molar-refractivity contribution in [2.45, 2.75) is 25.3 Å². The highest BCUT2D eigenvalue weighted by atomic mass is 19.1. The fourth-order valence-corrected chi connectivity index (χ4v) is 4.44. The first-order valence-electron chi connectivity index (χ1n) is 10.5. The zero-order valence-electron chi connectivity index (χ0n) is 17.6. The molecule has 0 bridgehead atoms. The normalized spacial score (nSPS) is 16.2. The van der Waals surface area contributed by atoms with Gasteiger partial charge in [0, 0.05) is 6.54 Å². The van der Waals surface area contributed by atoms with Crippen LogP contribution in [0.5, 0.6) is 11.5 Å². The number of benzene rings is 3. The number of ether oxygens (including phenoxy) is 2. The van der Waals surface area contributed by atoms with E-state index in [-0.39, 0.29) is 11.9 Å². The maximum atomic E-state index is 14.1. The summed E-state index contributed by atoms with van der Waals surface area (Å²) >= 11 is 0. The van der Waals surface area contributed by atoms with Crippen LogP contribution in [0.1, 0.15) is 34.7 Å². The van der Waals surface area contributed by atoms with Crippen LogP contribution in [-0.2, 0) is 12.8 Å². The molecular formula is C26H28FNO2. The maximum absolute atomic E-state index is 14.1. The highest BCUT2D eigenvalue weighted by molar-refractivity contribution is 5.51. The molecule has 0 aromatic heterocycles. The molecule has 1 aliphatic rings. The van der Waals surface area contributed by atoms with Crippen LogP contribution >= 0.6 is 0 Å². The molecule has 1 aliphatic heterocycles. The molecule has 0 amide bonds. The number of halogens is 1. The van der Waals surface area contributed by atoms with E-state index in [1.54, 1.807) is 26.4 Å². The standard InChI is InChI=1S/C26H28FNO2/c1-29-24-17-20-13-15-28(14-7-10-19-8-4-3-5-9-19)26(23(20)18-25(24)30-2)21-11-6-12-22(27)16-21/h3-6,8-9,11-12,16-18,26H,7,10,13-15H2,1-2H3. The SMILES string of the molecule is COc1cc2c(cc1OC)C(c1cccc(F)c1)N(CCCc1ccccc1)CC2. The average molecular weight is 406 g/mol. The van der Waals surface area contributed by atoms with Crippen LogP contribution < -0.4 is 9.47 Å². The molecule has 0 radical (unpaired) electrons. The van der Waals surface area contributed by atoms with E-state index in [0.29, 0.717) is 5.75 Å². The van der Waals surface area contributed by atoms with Crippen LogP contribution in [0.3, 0.4) is 0 Å². The van der Waals surface area contributed by atoms with Crippen molar-refractivity contribution in [1.29, 1.82) is 0 Å². The van der Waals surface area contributed by atoms with Crippen LogP contribution in [0, 0.1) is 5.82 Å². The van der Waals surface area contributed by atoms with Crippen LogP contribution in [0.2, 0.25) is 0 Å². The van der Waals surface area contributed by atoms with Crippen molar-refractivity contribution < 1.29 is 13.9 Å². The Morgan fingerprint density at radius 1 is 0.933 bits per heavy atom. The van der Waals surface area contributed by atoms with Gasteiger partial charge in [-0.15, -0.1) is 0 Å². The molecule has 4 rings (SSSR count). The summed E-state index contributed by atoms with van der Waals surface area (Å²) in [6.07, 6.45) is 3.03. The lowest BCUT2D eigenvalue weighted by Crippen LogP contribution is -2.37. The largest absolute Gasteiger partial charge is 0.493 e. The van der Waals surface area contributed by atoms with Gasteiger partial charge in [0.2, 0.25) is 0 Å². The Labute approximate surface area is 178 Å². The minimum absolute atomic E-state index is 0.0000273. The zero-order valence-corrected chi connectivity index (χ0v) is 17.6. The molecule has 156 valence electrons. The lowest BCUT2D eigenvalue weighted by molar-refractivity contribution is 0.209. The lowest BCUT2D eigenvalue weighted by Gasteiger charge is -2.38. The minimum atomic E-state index is -0.204. The summed E-state index contributed by atoms with van der Waals surface area (Å²) in [4.78, 5) is 2.46. The van der Waals surface area contributed by atoms with Crippen molar-refractivity contribution in [3.63, 3.8) is 0 Å². The van der Waals surface area contributed by atoms with E-state index in [0.717, 1.165) is 43.7 Å². The number of rotatable bonds is 7. The van der Waals surface area contributed by atoms with Gasteiger partial charge in [-0.2, -0.15) is 0 Å². The average Bonchev–Trinajstić information content (AvgIpc) is 2.78. The van der Waals surface area contributed by atoms with Gasteiger partial charge in [-0.05, 0) is 72.3 Å². The zero-order chi connectivity index (χ0) is 20.9. The molecule has 0 spiro atoms. The van der Waals surface area contributed by atoms with E-state index >= 15 is 0 Å². The molecular weight excluding hydrogens is 377 g/mol. The third-order valence-electron chi connectivity index (χ3n) is 5.89. The van der Waals surface area contributed by atoms with E-state index < -0.39 is 0 Å². The van der Waals surface area contributed by atoms with Gasteiger partial charge in [-0.1, -0.05) is 42.5 Å². The van der Waals surface area contributed by atoms with Gasteiger partial charge in [-0.3, -0.25) is 4.90 Å². The summed E-state index contributed by atoms with van der Waals surface area (Å²) in [7, 11) is 3.31. The van der Waals surface area contributed by atoms with Crippen molar-refractivity contribution in [2.24, 2.45) is 0 Å². The Morgan fingerprint density at radius 3 is 2.43 bits per heavy atom. The molecule has 1 unspecified atom stereocenters. The van der Waals surface area contributed by atoms with Gasteiger partial charge in [-0.25, -0.2) is 4.39 Å². The van der Waals surface area contributed by atoms with Gasteiger partial charge < -0.3 is 9.47 Å². The van der Waals surface area contributed by atoms with Crippen LogP contribution in [-0.4, -0.2) is 32.2 Å².